The van der Waals surface area contributed by atoms with E-state index in [0.29, 0.717) is 17.4 Å². The third-order valence-corrected chi connectivity index (χ3v) is 4.96. The van der Waals surface area contributed by atoms with Gasteiger partial charge in [-0.2, -0.15) is 0 Å². The van der Waals surface area contributed by atoms with Crippen LogP contribution >= 0.6 is 11.8 Å². The smallest absolute Gasteiger partial charge is 0.373 e. The van der Waals surface area contributed by atoms with Crippen LogP contribution < -0.4 is 0 Å². The molecule has 128 valence electrons. The van der Waals surface area contributed by atoms with Crippen molar-refractivity contribution >= 4 is 17.7 Å². The summed E-state index contributed by atoms with van der Waals surface area (Å²) >= 11 is 1.54. The number of nitrogens with zero attached hydrogens (tertiary/aromatic N) is 3. The SMILES string of the molecule is COC(=O)c1ccc(CSc2nnc(C3CC3)n2-c2ccccc2)o1. The first kappa shape index (κ1) is 16.0. The van der Waals surface area contributed by atoms with Gasteiger partial charge in [-0.15, -0.1) is 10.2 Å². The molecule has 0 amide bonds. The molecule has 6 nitrogen and oxygen atoms in total. The number of ether oxygens (including phenoxy) is 1. The molecule has 1 saturated carbocycles. The molecular weight excluding hydrogens is 338 g/mol. The number of hydrogen-bond acceptors (Lipinski definition) is 6. The van der Waals surface area contributed by atoms with Crippen LogP contribution in [0, 0.1) is 0 Å². The molecule has 4 rings (SSSR count). The van der Waals surface area contributed by atoms with Crippen molar-refractivity contribution in [1.82, 2.24) is 14.8 Å². The Morgan fingerprint density at radius 2 is 2.04 bits per heavy atom. The maximum Gasteiger partial charge on any atom is 0.373 e. The highest BCUT2D eigenvalue weighted by Crippen LogP contribution is 2.41. The van der Waals surface area contributed by atoms with Crippen molar-refractivity contribution in [3.63, 3.8) is 0 Å². The molecule has 1 fully saturated rings. The lowest BCUT2D eigenvalue weighted by atomic mass is 10.3. The predicted molar refractivity (Wildman–Crippen MR) is 92.9 cm³/mol. The number of methoxy groups -OCH3 is 1. The van der Waals surface area contributed by atoms with E-state index in [1.165, 1.54) is 18.9 Å². The van der Waals surface area contributed by atoms with Crippen LogP contribution in [0.1, 0.15) is 40.9 Å². The lowest BCUT2D eigenvalue weighted by Gasteiger charge is -2.09. The van der Waals surface area contributed by atoms with Gasteiger partial charge in [-0.05, 0) is 37.1 Å². The Morgan fingerprint density at radius 1 is 1.24 bits per heavy atom. The van der Waals surface area contributed by atoms with Crippen molar-refractivity contribution in [3.05, 3.63) is 59.8 Å². The molecule has 7 heteroatoms. The molecule has 2 aromatic heterocycles. The van der Waals surface area contributed by atoms with Crippen molar-refractivity contribution in [2.45, 2.75) is 29.7 Å². The third-order valence-electron chi connectivity index (χ3n) is 4.01. The van der Waals surface area contributed by atoms with E-state index in [0.717, 1.165) is 29.5 Å². The highest BCUT2D eigenvalue weighted by atomic mass is 32.2. The summed E-state index contributed by atoms with van der Waals surface area (Å²) in [6, 6.07) is 13.5. The fraction of sp³-hybridized carbons (Fsp3) is 0.278. The number of esters is 1. The first-order valence-electron chi connectivity index (χ1n) is 8.07. The minimum atomic E-state index is -0.472. The van der Waals surface area contributed by atoms with Crippen molar-refractivity contribution < 1.29 is 13.9 Å². The maximum absolute atomic E-state index is 11.5. The summed E-state index contributed by atoms with van der Waals surface area (Å²) in [5, 5.41) is 9.59. The second-order valence-electron chi connectivity index (χ2n) is 5.83. The van der Waals surface area contributed by atoms with Crippen LogP contribution in [-0.4, -0.2) is 27.8 Å². The molecule has 1 aliphatic rings. The number of para-hydroxylation sites is 1. The van der Waals surface area contributed by atoms with Crippen molar-refractivity contribution in [2.24, 2.45) is 0 Å². The van der Waals surface area contributed by atoms with E-state index < -0.39 is 5.97 Å². The first-order valence-corrected chi connectivity index (χ1v) is 9.05. The first-order chi connectivity index (χ1) is 12.3. The number of benzene rings is 1. The van der Waals surface area contributed by atoms with Crippen molar-refractivity contribution in [3.8, 4) is 5.69 Å². The summed E-state index contributed by atoms with van der Waals surface area (Å²) < 4.78 is 12.3. The average Bonchev–Trinajstić information content (AvgIpc) is 3.23. The highest BCUT2D eigenvalue weighted by molar-refractivity contribution is 7.98. The molecule has 0 spiro atoms. The molecular formula is C18H17N3O3S. The molecule has 0 radical (unpaired) electrons. The van der Waals surface area contributed by atoms with Gasteiger partial charge in [0.15, 0.2) is 5.16 Å². The molecule has 0 unspecified atom stereocenters. The average molecular weight is 355 g/mol. The van der Waals surface area contributed by atoms with Crippen LogP contribution in [0.3, 0.4) is 0 Å². The Bertz CT molecular complexity index is 884. The number of aromatic nitrogens is 3. The van der Waals surface area contributed by atoms with E-state index in [1.807, 2.05) is 18.2 Å². The zero-order chi connectivity index (χ0) is 17.2. The summed E-state index contributed by atoms with van der Waals surface area (Å²) in [4.78, 5) is 11.5. The Labute approximate surface area is 149 Å². The monoisotopic (exact) mass is 355 g/mol. The molecule has 0 aliphatic heterocycles. The van der Waals surface area contributed by atoms with Gasteiger partial charge in [0.05, 0.1) is 12.9 Å². The third kappa shape index (κ3) is 3.32. The molecule has 25 heavy (non-hydrogen) atoms. The molecule has 0 N–H and O–H groups in total. The maximum atomic E-state index is 11.5. The van der Waals surface area contributed by atoms with E-state index in [2.05, 4.69) is 31.6 Å². The van der Waals surface area contributed by atoms with Gasteiger partial charge >= 0.3 is 5.97 Å². The highest BCUT2D eigenvalue weighted by Gasteiger charge is 2.31. The molecule has 1 aliphatic carbocycles. The zero-order valence-corrected chi connectivity index (χ0v) is 14.5. The largest absolute Gasteiger partial charge is 0.463 e. The van der Waals surface area contributed by atoms with Crippen LogP contribution in [0.15, 0.2) is 52.0 Å². The van der Waals surface area contributed by atoms with Crippen LogP contribution in [0.25, 0.3) is 5.69 Å². The molecule has 1 aromatic carbocycles. The van der Waals surface area contributed by atoms with Crippen molar-refractivity contribution in [1.29, 1.82) is 0 Å². The van der Waals surface area contributed by atoms with Gasteiger partial charge in [-0.1, -0.05) is 30.0 Å². The van der Waals surface area contributed by atoms with E-state index in [9.17, 15) is 4.79 Å². The van der Waals surface area contributed by atoms with E-state index in [-0.39, 0.29) is 5.76 Å². The normalized spacial score (nSPS) is 13.8. The molecule has 2 heterocycles. The number of furan rings is 1. The van der Waals surface area contributed by atoms with Crippen LogP contribution in [0.5, 0.6) is 0 Å². The zero-order valence-electron chi connectivity index (χ0n) is 13.7. The fourth-order valence-corrected chi connectivity index (χ4v) is 3.45. The number of hydrogen-bond donors (Lipinski definition) is 0. The standard InChI is InChI=1S/C18H17N3O3S/c1-23-17(22)15-10-9-14(24-15)11-25-18-20-19-16(12-7-8-12)21(18)13-5-3-2-4-6-13/h2-6,9-10,12H,7-8,11H2,1H3. The van der Waals surface area contributed by atoms with Crippen molar-refractivity contribution in [2.75, 3.05) is 7.11 Å². The van der Waals surface area contributed by atoms with Gasteiger partial charge in [0.2, 0.25) is 5.76 Å². The lowest BCUT2D eigenvalue weighted by molar-refractivity contribution is 0.0563. The summed E-state index contributed by atoms with van der Waals surface area (Å²) in [6.07, 6.45) is 2.33. The van der Waals surface area contributed by atoms with E-state index in [1.54, 1.807) is 12.1 Å². The fourth-order valence-electron chi connectivity index (χ4n) is 2.60. The Kier molecular flexibility index (Phi) is 4.31. The summed E-state index contributed by atoms with van der Waals surface area (Å²) in [7, 11) is 1.33. The number of thioether (sulfide) groups is 1. The quantitative estimate of drug-likeness (QED) is 0.494. The second kappa shape index (κ2) is 6.76. The number of carbonyl (C=O) groups is 1. The predicted octanol–water partition coefficient (Wildman–Crippen LogP) is 3.82. The Morgan fingerprint density at radius 3 is 2.76 bits per heavy atom. The van der Waals surface area contributed by atoms with Gasteiger partial charge in [-0.3, -0.25) is 4.57 Å². The van der Waals surface area contributed by atoms with Gasteiger partial charge < -0.3 is 9.15 Å². The van der Waals surface area contributed by atoms with E-state index >= 15 is 0 Å². The topological polar surface area (TPSA) is 70.2 Å². The molecule has 0 saturated heterocycles. The second-order valence-corrected chi connectivity index (χ2v) is 6.77. The number of carbonyl (C=O) groups excluding carboxylic acids is 1. The minimum absolute atomic E-state index is 0.210. The Hall–Kier alpha value is -2.54. The lowest BCUT2D eigenvalue weighted by Crippen LogP contribution is -2.01. The summed E-state index contributed by atoms with van der Waals surface area (Å²) in [6.45, 7) is 0. The minimum Gasteiger partial charge on any atom is -0.463 e. The van der Waals surface area contributed by atoms with Crippen LogP contribution in [0.2, 0.25) is 0 Å². The van der Waals surface area contributed by atoms with Gasteiger partial charge in [0.1, 0.15) is 11.6 Å². The molecule has 3 aromatic rings. The number of rotatable bonds is 6. The summed E-state index contributed by atoms with van der Waals surface area (Å²) in [5.41, 5.74) is 1.06. The molecule has 0 bridgehead atoms. The van der Waals surface area contributed by atoms with Gasteiger partial charge in [0.25, 0.3) is 0 Å². The van der Waals surface area contributed by atoms with Crippen LogP contribution in [0.4, 0.5) is 0 Å². The molecule has 0 atom stereocenters. The van der Waals surface area contributed by atoms with E-state index in [4.69, 9.17) is 4.42 Å². The van der Waals surface area contributed by atoms with Gasteiger partial charge in [0, 0.05) is 11.6 Å². The summed E-state index contributed by atoms with van der Waals surface area (Å²) in [5.74, 6) is 2.51. The van der Waals surface area contributed by atoms with Crippen LogP contribution in [-0.2, 0) is 10.5 Å². The Balaban J connectivity index is 1.56. The van der Waals surface area contributed by atoms with Gasteiger partial charge in [-0.25, -0.2) is 4.79 Å².